The van der Waals surface area contributed by atoms with Crippen LogP contribution in [0.15, 0.2) is 22.7 Å². The Bertz CT molecular complexity index is 499. The lowest BCUT2D eigenvalue weighted by atomic mass is 9.74. The van der Waals surface area contributed by atoms with Gasteiger partial charge in [-0.2, -0.15) is 0 Å². The van der Waals surface area contributed by atoms with Gasteiger partial charge in [0.05, 0.1) is 5.69 Å². The summed E-state index contributed by atoms with van der Waals surface area (Å²) in [5.41, 5.74) is 0.364. The van der Waals surface area contributed by atoms with Gasteiger partial charge in [0.1, 0.15) is 0 Å². The van der Waals surface area contributed by atoms with Gasteiger partial charge < -0.3 is 10.6 Å². The number of piperidine rings is 1. The fourth-order valence-corrected chi connectivity index (χ4v) is 3.31. The highest BCUT2D eigenvalue weighted by atomic mass is 79.9. The van der Waals surface area contributed by atoms with Crippen molar-refractivity contribution in [2.24, 2.45) is 11.3 Å². The van der Waals surface area contributed by atoms with Gasteiger partial charge in [0.2, 0.25) is 5.91 Å². The Morgan fingerprint density at radius 3 is 2.85 bits per heavy atom. The first kappa shape index (κ1) is 15.8. The van der Waals surface area contributed by atoms with Gasteiger partial charge >= 0.3 is 0 Å². The van der Waals surface area contributed by atoms with Crippen molar-refractivity contribution in [3.05, 3.63) is 27.7 Å². The topological polar surface area (TPSA) is 41.1 Å². The highest BCUT2D eigenvalue weighted by molar-refractivity contribution is 9.10. The van der Waals surface area contributed by atoms with Gasteiger partial charge in [-0.25, -0.2) is 0 Å². The highest BCUT2D eigenvalue weighted by Crippen LogP contribution is 2.34. The van der Waals surface area contributed by atoms with Crippen molar-refractivity contribution in [2.45, 2.75) is 26.7 Å². The third-order valence-electron chi connectivity index (χ3n) is 4.08. The summed E-state index contributed by atoms with van der Waals surface area (Å²) in [6, 6.07) is 5.38. The largest absolute Gasteiger partial charge is 0.325 e. The van der Waals surface area contributed by atoms with Crippen molar-refractivity contribution in [3.8, 4) is 0 Å². The number of carbonyl (C=O) groups excluding carboxylic acids is 1. The summed E-state index contributed by atoms with van der Waals surface area (Å²) >= 11 is 9.34. The molecule has 3 nitrogen and oxygen atoms in total. The van der Waals surface area contributed by atoms with Crippen molar-refractivity contribution in [3.63, 3.8) is 0 Å². The number of anilines is 1. The van der Waals surface area contributed by atoms with E-state index >= 15 is 0 Å². The van der Waals surface area contributed by atoms with E-state index in [2.05, 4.69) is 26.6 Å². The fourth-order valence-electron chi connectivity index (χ4n) is 2.53. The first-order chi connectivity index (χ1) is 9.41. The maximum atomic E-state index is 12.6. The second kappa shape index (κ2) is 6.46. The molecule has 1 aliphatic rings. The van der Waals surface area contributed by atoms with Crippen LogP contribution in [0.3, 0.4) is 0 Å². The van der Waals surface area contributed by atoms with Crippen LogP contribution < -0.4 is 10.6 Å². The molecule has 0 aromatic heterocycles. The van der Waals surface area contributed by atoms with E-state index in [1.54, 1.807) is 12.1 Å². The van der Waals surface area contributed by atoms with E-state index < -0.39 is 5.41 Å². The first-order valence-electron chi connectivity index (χ1n) is 6.88. The standard InChI is InChI=1S/C15H20BrClN2O/c1-15(2,10-4-3-7-18-9-10)14(20)19-13-6-5-11(17)8-12(13)16/h5-6,8,10,18H,3-4,7,9H2,1-2H3,(H,19,20). The molecule has 0 bridgehead atoms. The van der Waals surface area contributed by atoms with Gasteiger partial charge in [-0.15, -0.1) is 0 Å². The van der Waals surface area contributed by atoms with Gasteiger partial charge in [0.15, 0.2) is 0 Å². The van der Waals surface area contributed by atoms with Crippen molar-refractivity contribution in [1.29, 1.82) is 0 Å². The number of carbonyl (C=O) groups is 1. The van der Waals surface area contributed by atoms with E-state index in [1.165, 1.54) is 0 Å². The Kier molecular flexibility index (Phi) is 5.10. The number of amides is 1. The number of rotatable bonds is 3. The summed E-state index contributed by atoms with van der Waals surface area (Å²) in [5.74, 6) is 0.413. The Labute approximate surface area is 133 Å². The number of hydrogen-bond donors (Lipinski definition) is 2. The van der Waals surface area contributed by atoms with Crippen LogP contribution in [0, 0.1) is 11.3 Å². The minimum Gasteiger partial charge on any atom is -0.325 e. The molecule has 1 saturated heterocycles. The second-order valence-electron chi connectivity index (χ2n) is 5.84. The van der Waals surface area contributed by atoms with Crippen LogP contribution in [-0.4, -0.2) is 19.0 Å². The molecule has 1 amide bonds. The van der Waals surface area contributed by atoms with Crippen LogP contribution in [-0.2, 0) is 4.79 Å². The molecule has 20 heavy (non-hydrogen) atoms. The number of hydrogen-bond acceptors (Lipinski definition) is 2. The molecular weight excluding hydrogens is 340 g/mol. The average Bonchev–Trinajstić information content (AvgIpc) is 2.42. The predicted molar refractivity (Wildman–Crippen MR) is 87.2 cm³/mol. The Hall–Kier alpha value is -0.580. The molecule has 1 aliphatic heterocycles. The molecule has 1 unspecified atom stereocenters. The summed E-state index contributed by atoms with van der Waals surface area (Å²) < 4.78 is 0.802. The Morgan fingerprint density at radius 2 is 2.25 bits per heavy atom. The zero-order valence-corrected chi connectivity index (χ0v) is 14.1. The zero-order chi connectivity index (χ0) is 14.8. The molecule has 0 aliphatic carbocycles. The van der Waals surface area contributed by atoms with Crippen molar-refractivity contribution >= 4 is 39.1 Å². The molecule has 1 atom stereocenters. The molecule has 1 heterocycles. The minimum atomic E-state index is -0.396. The lowest BCUT2D eigenvalue weighted by molar-refractivity contribution is -0.127. The molecular formula is C15H20BrClN2O. The molecule has 0 radical (unpaired) electrons. The SMILES string of the molecule is CC(C)(C(=O)Nc1ccc(Cl)cc1Br)C1CCCNC1. The molecule has 2 N–H and O–H groups in total. The maximum Gasteiger partial charge on any atom is 0.230 e. The van der Waals surface area contributed by atoms with Crippen LogP contribution in [0.2, 0.25) is 5.02 Å². The van der Waals surface area contributed by atoms with E-state index in [0.717, 1.165) is 36.1 Å². The van der Waals surface area contributed by atoms with Crippen LogP contribution in [0.4, 0.5) is 5.69 Å². The van der Waals surface area contributed by atoms with Gasteiger partial charge in [0.25, 0.3) is 0 Å². The summed E-state index contributed by atoms with van der Waals surface area (Å²) in [5, 5.41) is 7.02. The zero-order valence-electron chi connectivity index (χ0n) is 11.8. The summed E-state index contributed by atoms with van der Waals surface area (Å²) in [6.07, 6.45) is 2.22. The van der Waals surface area contributed by atoms with E-state index in [0.29, 0.717) is 10.9 Å². The lowest BCUT2D eigenvalue weighted by Crippen LogP contribution is -2.44. The average molecular weight is 360 g/mol. The molecule has 1 aromatic rings. The van der Waals surface area contributed by atoms with Crippen LogP contribution in [0.1, 0.15) is 26.7 Å². The van der Waals surface area contributed by atoms with Crippen LogP contribution in [0.5, 0.6) is 0 Å². The van der Waals surface area contributed by atoms with E-state index in [4.69, 9.17) is 11.6 Å². The molecule has 1 fully saturated rings. The number of benzene rings is 1. The first-order valence-corrected chi connectivity index (χ1v) is 8.05. The second-order valence-corrected chi connectivity index (χ2v) is 7.13. The van der Waals surface area contributed by atoms with Crippen LogP contribution in [0.25, 0.3) is 0 Å². The quantitative estimate of drug-likeness (QED) is 0.854. The molecule has 0 saturated carbocycles. The highest BCUT2D eigenvalue weighted by Gasteiger charge is 2.37. The van der Waals surface area contributed by atoms with Gasteiger partial charge in [-0.05, 0) is 66.0 Å². The smallest absolute Gasteiger partial charge is 0.230 e. The monoisotopic (exact) mass is 358 g/mol. The van der Waals surface area contributed by atoms with E-state index in [-0.39, 0.29) is 5.91 Å². The van der Waals surface area contributed by atoms with Gasteiger partial charge in [-0.3, -0.25) is 4.79 Å². The fraction of sp³-hybridized carbons (Fsp3) is 0.533. The summed E-state index contributed by atoms with van der Waals surface area (Å²) in [6.45, 7) is 5.99. The van der Waals surface area contributed by atoms with E-state index in [1.807, 2.05) is 19.9 Å². The Balaban J connectivity index is 2.09. The predicted octanol–water partition coefficient (Wildman–Crippen LogP) is 4.07. The van der Waals surface area contributed by atoms with E-state index in [9.17, 15) is 4.79 Å². The normalized spacial score (nSPS) is 19.7. The lowest BCUT2D eigenvalue weighted by Gasteiger charge is -2.36. The molecule has 1 aromatic carbocycles. The summed E-state index contributed by atoms with van der Waals surface area (Å²) in [4.78, 5) is 12.6. The van der Waals surface area contributed by atoms with Crippen molar-refractivity contribution < 1.29 is 4.79 Å². The maximum absolute atomic E-state index is 12.6. The summed E-state index contributed by atoms with van der Waals surface area (Å²) in [7, 11) is 0. The number of nitrogens with one attached hydrogen (secondary N) is 2. The third-order valence-corrected chi connectivity index (χ3v) is 4.97. The van der Waals surface area contributed by atoms with Gasteiger partial charge in [-0.1, -0.05) is 25.4 Å². The minimum absolute atomic E-state index is 0.0502. The molecule has 110 valence electrons. The Morgan fingerprint density at radius 1 is 1.50 bits per heavy atom. The van der Waals surface area contributed by atoms with Gasteiger partial charge in [0, 0.05) is 14.9 Å². The van der Waals surface area contributed by atoms with Crippen molar-refractivity contribution in [1.82, 2.24) is 5.32 Å². The molecule has 2 rings (SSSR count). The van der Waals surface area contributed by atoms with Crippen molar-refractivity contribution in [2.75, 3.05) is 18.4 Å². The van der Waals surface area contributed by atoms with Crippen LogP contribution >= 0.6 is 27.5 Å². The molecule has 0 spiro atoms. The molecule has 5 heteroatoms. The number of halogens is 2. The third kappa shape index (κ3) is 3.54.